The molecule has 1 aromatic carbocycles. The number of aliphatic carboxylic acids is 1. The summed E-state index contributed by atoms with van der Waals surface area (Å²) < 4.78 is 9.74. The Morgan fingerprint density at radius 2 is 2.20 bits per heavy atom. The van der Waals surface area contributed by atoms with Crippen molar-refractivity contribution in [2.75, 3.05) is 26.1 Å². The third kappa shape index (κ3) is 3.82. The Bertz CT molecular complexity index is 491. The molecular weight excluding hydrogens is 268 g/mol. The Labute approximate surface area is 115 Å². The van der Waals surface area contributed by atoms with Crippen LogP contribution in [0.15, 0.2) is 18.2 Å². The SMILES string of the molecule is COCCC(Nc1cccc(OC)c1[N+](=O)[O-])C(=O)O. The first kappa shape index (κ1) is 15.7. The van der Waals surface area contributed by atoms with Gasteiger partial charge < -0.3 is 19.9 Å². The first-order valence-electron chi connectivity index (χ1n) is 5.81. The molecule has 1 rings (SSSR count). The highest BCUT2D eigenvalue weighted by Gasteiger charge is 2.25. The minimum absolute atomic E-state index is 0.0656. The van der Waals surface area contributed by atoms with Gasteiger partial charge in [0, 0.05) is 20.1 Å². The number of nitrogens with zero attached hydrogens (tertiary/aromatic N) is 1. The topological polar surface area (TPSA) is 111 Å². The number of carboxylic acids is 1. The van der Waals surface area contributed by atoms with Gasteiger partial charge in [-0.05, 0) is 12.1 Å². The largest absolute Gasteiger partial charge is 0.490 e. The molecular formula is C12H16N2O6. The van der Waals surface area contributed by atoms with E-state index in [4.69, 9.17) is 14.6 Å². The fourth-order valence-electron chi connectivity index (χ4n) is 1.67. The van der Waals surface area contributed by atoms with E-state index in [9.17, 15) is 14.9 Å². The van der Waals surface area contributed by atoms with Crippen LogP contribution >= 0.6 is 0 Å². The minimum atomic E-state index is -1.11. The van der Waals surface area contributed by atoms with Gasteiger partial charge >= 0.3 is 11.7 Å². The molecule has 2 N–H and O–H groups in total. The van der Waals surface area contributed by atoms with E-state index in [-0.39, 0.29) is 30.2 Å². The van der Waals surface area contributed by atoms with Crippen molar-refractivity contribution in [3.8, 4) is 5.75 Å². The zero-order valence-electron chi connectivity index (χ0n) is 11.2. The van der Waals surface area contributed by atoms with E-state index in [0.717, 1.165) is 0 Å². The number of para-hydroxylation sites is 1. The molecule has 1 aromatic rings. The fraction of sp³-hybridized carbons (Fsp3) is 0.417. The number of nitro benzene ring substituents is 1. The molecule has 0 aromatic heterocycles. The lowest BCUT2D eigenvalue weighted by molar-refractivity contribution is -0.384. The molecule has 8 nitrogen and oxygen atoms in total. The van der Waals surface area contributed by atoms with Gasteiger partial charge in [0.25, 0.3) is 0 Å². The summed E-state index contributed by atoms with van der Waals surface area (Å²) in [5.74, 6) is -1.05. The molecule has 1 unspecified atom stereocenters. The summed E-state index contributed by atoms with van der Waals surface area (Å²) in [5, 5.41) is 22.8. The number of rotatable bonds is 8. The summed E-state index contributed by atoms with van der Waals surface area (Å²) >= 11 is 0. The Hall–Kier alpha value is -2.35. The number of hydrogen-bond donors (Lipinski definition) is 2. The lowest BCUT2D eigenvalue weighted by Gasteiger charge is -2.16. The van der Waals surface area contributed by atoms with Crippen molar-refractivity contribution in [1.29, 1.82) is 0 Å². The van der Waals surface area contributed by atoms with Crippen LogP contribution in [0.4, 0.5) is 11.4 Å². The predicted octanol–water partition coefficient (Wildman–Crippen LogP) is 1.50. The number of carboxylic acid groups (broad SMARTS) is 1. The molecule has 0 saturated heterocycles. The summed E-state index contributed by atoms with van der Waals surface area (Å²) in [7, 11) is 2.76. The average Bonchev–Trinajstić information content (AvgIpc) is 2.42. The molecule has 110 valence electrons. The van der Waals surface area contributed by atoms with Gasteiger partial charge in [-0.3, -0.25) is 10.1 Å². The van der Waals surface area contributed by atoms with E-state index in [0.29, 0.717) is 0 Å². The molecule has 0 radical (unpaired) electrons. The Kier molecular flexibility index (Phi) is 5.73. The summed E-state index contributed by atoms with van der Waals surface area (Å²) in [6.45, 7) is 0.224. The predicted molar refractivity (Wildman–Crippen MR) is 71.2 cm³/mol. The monoisotopic (exact) mass is 284 g/mol. The number of benzene rings is 1. The molecule has 0 aliphatic heterocycles. The van der Waals surface area contributed by atoms with Crippen LogP contribution in [-0.2, 0) is 9.53 Å². The van der Waals surface area contributed by atoms with E-state index in [2.05, 4.69) is 5.32 Å². The van der Waals surface area contributed by atoms with E-state index >= 15 is 0 Å². The highest BCUT2D eigenvalue weighted by atomic mass is 16.6. The summed E-state index contributed by atoms with van der Waals surface area (Å²) in [4.78, 5) is 21.6. The molecule has 0 spiro atoms. The van der Waals surface area contributed by atoms with Crippen LogP contribution in [0.1, 0.15) is 6.42 Å². The minimum Gasteiger partial charge on any atom is -0.490 e. The summed E-state index contributed by atoms with van der Waals surface area (Å²) in [6, 6.07) is 3.43. The highest BCUT2D eigenvalue weighted by Crippen LogP contribution is 2.34. The van der Waals surface area contributed by atoms with Crippen molar-refractivity contribution in [1.82, 2.24) is 0 Å². The van der Waals surface area contributed by atoms with Crippen LogP contribution in [-0.4, -0.2) is 42.9 Å². The molecule has 0 saturated carbocycles. The molecule has 0 amide bonds. The van der Waals surface area contributed by atoms with Crippen LogP contribution in [0.3, 0.4) is 0 Å². The number of hydrogen-bond acceptors (Lipinski definition) is 6. The molecule has 0 bridgehead atoms. The third-order valence-electron chi connectivity index (χ3n) is 2.64. The highest BCUT2D eigenvalue weighted by molar-refractivity contribution is 5.80. The molecule has 1 atom stereocenters. The number of nitrogens with one attached hydrogen (secondary N) is 1. The molecule has 8 heteroatoms. The van der Waals surface area contributed by atoms with Gasteiger partial charge in [-0.2, -0.15) is 0 Å². The second-order valence-electron chi connectivity index (χ2n) is 3.93. The summed E-state index contributed by atoms with van der Waals surface area (Å²) in [6.07, 6.45) is 0.181. The van der Waals surface area contributed by atoms with Crippen LogP contribution in [0.5, 0.6) is 5.75 Å². The maximum Gasteiger partial charge on any atom is 0.333 e. The first-order valence-corrected chi connectivity index (χ1v) is 5.81. The van der Waals surface area contributed by atoms with Crippen molar-refractivity contribution < 1.29 is 24.3 Å². The molecule has 0 heterocycles. The van der Waals surface area contributed by atoms with Crippen molar-refractivity contribution in [3.05, 3.63) is 28.3 Å². The van der Waals surface area contributed by atoms with Gasteiger partial charge in [0.1, 0.15) is 11.7 Å². The molecule has 0 fully saturated rings. The normalized spacial score (nSPS) is 11.7. The van der Waals surface area contributed by atoms with Crippen molar-refractivity contribution in [2.24, 2.45) is 0 Å². The Balaban J connectivity index is 3.05. The number of ether oxygens (including phenoxy) is 2. The number of methoxy groups -OCH3 is 2. The van der Waals surface area contributed by atoms with Crippen LogP contribution in [0.2, 0.25) is 0 Å². The second-order valence-corrected chi connectivity index (χ2v) is 3.93. The van der Waals surface area contributed by atoms with Gasteiger partial charge in [0.2, 0.25) is 0 Å². The van der Waals surface area contributed by atoms with Crippen LogP contribution < -0.4 is 10.1 Å². The van der Waals surface area contributed by atoms with Gasteiger partial charge in [0.15, 0.2) is 5.75 Å². The Morgan fingerprint density at radius 3 is 2.70 bits per heavy atom. The zero-order chi connectivity index (χ0) is 15.1. The maximum absolute atomic E-state index is 11.1. The standard InChI is InChI=1S/C12H16N2O6/c1-19-7-6-9(12(15)16)13-8-4-3-5-10(20-2)11(8)14(17)18/h3-5,9,13H,6-7H2,1-2H3,(H,15,16). The lowest BCUT2D eigenvalue weighted by atomic mass is 10.1. The summed E-state index contributed by atoms with van der Waals surface area (Å²) in [5.41, 5.74) is -0.198. The van der Waals surface area contributed by atoms with Crippen molar-refractivity contribution in [3.63, 3.8) is 0 Å². The number of carbonyl (C=O) groups is 1. The molecule has 0 aliphatic carbocycles. The molecule has 20 heavy (non-hydrogen) atoms. The smallest absolute Gasteiger partial charge is 0.333 e. The van der Waals surface area contributed by atoms with Gasteiger partial charge in [0.05, 0.1) is 12.0 Å². The van der Waals surface area contributed by atoms with E-state index in [1.165, 1.54) is 26.4 Å². The molecule has 0 aliphatic rings. The maximum atomic E-state index is 11.1. The quantitative estimate of drug-likeness (QED) is 0.549. The number of anilines is 1. The second kappa shape index (κ2) is 7.29. The van der Waals surface area contributed by atoms with E-state index < -0.39 is 16.9 Å². The van der Waals surface area contributed by atoms with Gasteiger partial charge in [-0.1, -0.05) is 6.07 Å². The van der Waals surface area contributed by atoms with Gasteiger partial charge in [-0.15, -0.1) is 0 Å². The van der Waals surface area contributed by atoms with Gasteiger partial charge in [-0.25, -0.2) is 4.79 Å². The first-order chi connectivity index (χ1) is 9.51. The van der Waals surface area contributed by atoms with E-state index in [1.807, 2.05) is 0 Å². The van der Waals surface area contributed by atoms with E-state index in [1.54, 1.807) is 6.07 Å². The number of nitro groups is 1. The Morgan fingerprint density at radius 1 is 1.50 bits per heavy atom. The zero-order valence-corrected chi connectivity index (χ0v) is 11.2. The average molecular weight is 284 g/mol. The van der Waals surface area contributed by atoms with Crippen LogP contribution in [0, 0.1) is 10.1 Å². The fourth-order valence-corrected chi connectivity index (χ4v) is 1.67. The third-order valence-corrected chi connectivity index (χ3v) is 2.64. The van der Waals surface area contributed by atoms with Crippen LogP contribution in [0.25, 0.3) is 0 Å². The van der Waals surface area contributed by atoms with Crippen molar-refractivity contribution >= 4 is 17.3 Å². The lowest BCUT2D eigenvalue weighted by Crippen LogP contribution is -2.30. The van der Waals surface area contributed by atoms with Crippen molar-refractivity contribution in [2.45, 2.75) is 12.5 Å².